The second-order valence-corrected chi connectivity index (χ2v) is 5.34. The van der Waals surface area contributed by atoms with Gasteiger partial charge in [-0.15, -0.1) is 0 Å². The molecule has 0 heterocycles. The number of hydrogen-bond donors (Lipinski definition) is 0. The minimum Gasteiger partial charge on any atom is -0.469 e. The first-order chi connectivity index (χ1) is 7.65. The summed E-state index contributed by atoms with van der Waals surface area (Å²) in [5.74, 6) is 0.468. The van der Waals surface area contributed by atoms with Crippen molar-refractivity contribution in [3.05, 3.63) is 0 Å². The van der Waals surface area contributed by atoms with E-state index in [9.17, 15) is 9.59 Å². The second-order valence-electron chi connectivity index (χ2n) is 5.34. The third-order valence-corrected chi connectivity index (χ3v) is 4.45. The van der Waals surface area contributed by atoms with Crippen molar-refractivity contribution in [1.29, 1.82) is 0 Å². The van der Waals surface area contributed by atoms with Gasteiger partial charge in [0, 0.05) is 12.8 Å². The Balaban J connectivity index is 1.89. The molecule has 0 aromatic carbocycles. The summed E-state index contributed by atoms with van der Waals surface area (Å²) < 4.78 is 4.79. The predicted molar refractivity (Wildman–Crippen MR) is 59.9 cm³/mol. The minimum absolute atomic E-state index is 0.0539. The van der Waals surface area contributed by atoms with E-state index in [-0.39, 0.29) is 11.9 Å². The lowest BCUT2D eigenvalue weighted by Crippen LogP contribution is -2.34. The molecule has 2 aliphatic carbocycles. The zero-order valence-electron chi connectivity index (χ0n) is 9.96. The summed E-state index contributed by atoms with van der Waals surface area (Å²) in [6.45, 7) is 0. The summed E-state index contributed by atoms with van der Waals surface area (Å²) in [7, 11) is 1.46. The van der Waals surface area contributed by atoms with Crippen molar-refractivity contribution >= 4 is 11.8 Å². The summed E-state index contributed by atoms with van der Waals surface area (Å²) >= 11 is 0. The van der Waals surface area contributed by atoms with E-state index in [2.05, 4.69) is 0 Å². The number of carbonyl (C=O) groups is 2. The van der Waals surface area contributed by atoms with Gasteiger partial charge in [0.05, 0.1) is 13.0 Å². The van der Waals surface area contributed by atoms with E-state index in [1.54, 1.807) is 0 Å². The van der Waals surface area contributed by atoms with Crippen LogP contribution in [-0.2, 0) is 14.3 Å². The number of Topliss-reactive ketones (excluding diaryl/α,β-unsaturated/α-hetero) is 1. The lowest BCUT2D eigenvalue weighted by Gasteiger charge is -2.41. The minimum atomic E-state index is -0.0539. The molecular weight excluding hydrogens is 204 g/mol. The molecule has 0 amide bonds. The van der Waals surface area contributed by atoms with Gasteiger partial charge in [-0.2, -0.15) is 0 Å². The van der Waals surface area contributed by atoms with E-state index in [4.69, 9.17) is 4.74 Å². The highest BCUT2D eigenvalue weighted by atomic mass is 16.5. The van der Waals surface area contributed by atoms with Gasteiger partial charge in [0.2, 0.25) is 0 Å². The molecule has 0 aromatic rings. The van der Waals surface area contributed by atoms with Gasteiger partial charge in [-0.05, 0) is 43.9 Å². The fourth-order valence-electron chi connectivity index (χ4n) is 3.19. The molecule has 3 heteroatoms. The molecule has 0 bridgehead atoms. The number of esters is 1. The summed E-state index contributed by atoms with van der Waals surface area (Å²) in [6.07, 6.45) is 7.67. The highest BCUT2D eigenvalue weighted by Crippen LogP contribution is 2.48. The summed E-state index contributed by atoms with van der Waals surface area (Å²) in [6, 6.07) is 0. The van der Waals surface area contributed by atoms with Crippen LogP contribution in [0, 0.1) is 11.3 Å². The maximum absolute atomic E-state index is 11.4. The summed E-state index contributed by atoms with van der Waals surface area (Å²) in [5.41, 5.74) is 0.373. The van der Waals surface area contributed by atoms with Crippen LogP contribution in [0.3, 0.4) is 0 Å². The van der Waals surface area contributed by atoms with Gasteiger partial charge in [0.25, 0.3) is 0 Å². The molecule has 2 rings (SSSR count). The molecule has 0 aliphatic heterocycles. The number of rotatable bonds is 1. The fraction of sp³-hybridized carbons (Fsp3) is 0.846. The molecule has 0 aromatic heterocycles. The van der Waals surface area contributed by atoms with Crippen molar-refractivity contribution in [3.63, 3.8) is 0 Å². The topological polar surface area (TPSA) is 43.4 Å². The van der Waals surface area contributed by atoms with Gasteiger partial charge in [-0.25, -0.2) is 0 Å². The quantitative estimate of drug-likeness (QED) is 0.643. The van der Waals surface area contributed by atoms with Crippen molar-refractivity contribution < 1.29 is 14.3 Å². The van der Waals surface area contributed by atoms with E-state index in [0.29, 0.717) is 11.2 Å². The van der Waals surface area contributed by atoms with Crippen LogP contribution in [0.25, 0.3) is 0 Å². The normalized spacial score (nSPS) is 25.7. The van der Waals surface area contributed by atoms with Crippen LogP contribution in [0.4, 0.5) is 0 Å². The summed E-state index contributed by atoms with van der Waals surface area (Å²) in [4.78, 5) is 22.6. The molecule has 0 N–H and O–H groups in total. The Morgan fingerprint density at radius 1 is 1.19 bits per heavy atom. The molecule has 0 unspecified atom stereocenters. The Labute approximate surface area is 96.5 Å². The van der Waals surface area contributed by atoms with E-state index >= 15 is 0 Å². The van der Waals surface area contributed by atoms with Crippen LogP contribution in [0.15, 0.2) is 0 Å². The van der Waals surface area contributed by atoms with Crippen LogP contribution < -0.4 is 0 Å². The number of hydrogen-bond acceptors (Lipinski definition) is 3. The van der Waals surface area contributed by atoms with Gasteiger partial charge in [0.1, 0.15) is 5.78 Å². The van der Waals surface area contributed by atoms with Crippen molar-refractivity contribution in [3.8, 4) is 0 Å². The van der Waals surface area contributed by atoms with Crippen molar-refractivity contribution in [2.45, 2.75) is 51.4 Å². The zero-order chi connectivity index (χ0) is 11.6. The lowest BCUT2D eigenvalue weighted by molar-refractivity contribution is -0.148. The Morgan fingerprint density at radius 3 is 2.25 bits per heavy atom. The average Bonchev–Trinajstić information content (AvgIpc) is 2.33. The molecule has 2 fully saturated rings. The number of methoxy groups -OCH3 is 1. The molecule has 90 valence electrons. The predicted octanol–water partition coefficient (Wildman–Crippen LogP) is 2.48. The summed E-state index contributed by atoms with van der Waals surface area (Å²) in [5, 5.41) is 0. The fourth-order valence-corrected chi connectivity index (χ4v) is 3.19. The van der Waals surface area contributed by atoms with Gasteiger partial charge in [0.15, 0.2) is 0 Å². The molecule has 0 saturated heterocycles. The average molecular weight is 224 g/mol. The maximum atomic E-state index is 11.4. The van der Waals surface area contributed by atoms with Gasteiger partial charge < -0.3 is 4.74 Å². The number of carbonyl (C=O) groups excluding carboxylic acids is 2. The SMILES string of the molecule is COC(=O)C1CCC2(CCC(=O)CC2)CC1. The largest absolute Gasteiger partial charge is 0.469 e. The molecule has 2 saturated carbocycles. The number of ketones is 1. The van der Waals surface area contributed by atoms with E-state index in [1.807, 2.05) is 0 Å². The lowest BCUT2D eigenvalue weighted by atomic mass is 9.63. The van der Waals surface area contributed by atoms with Crippen LogP contribution in [0.2, 0.25) is 0 Å². The Kier molecular flexibility index (Phi) is 3.31. The van der Waals surface area contributed by atoms with E-state index in [0.717, 1.165) is 51.4 Å². The molecule has 0 atom stereocenters. The van der Waals surface area contributed by atoms with Gasteiger partial charge in [-0.3, -0.25) is 9.59 Å². The van der Waals surface area contributed by atoms with Crippen LogP contribution in [-0.4, -0.2) is 18.9 Å². The molecule has 1 spiro atoms. The molecule has 3 nitrogen and oxygen atoms in total. The van der Waals surface area contributed by atoms with Crippen molar-refractivity contribution in [1.82, 2.24) is 0 Å². The van der Waals surface area contributed by atoms with Crippen LogP contribution >= 0.6 is 0 Å². The Bertz CT molecular complexity index is 276. The Hall–Kier alpha value is -0.860. The first-order valence-corrected chi connectivity index (χ1v) is 6.25. The standard InChI is InChI=1S/C13H20O3/c1-16-12(15)10-2-6-13(7-3-10)8-4-11(14)5-9-13/h10H,2-9H2,1H3. The van der Waals surface area contributed by atoms with Crippen LogP contribution in [0.1, 0.15) is 51.4 Å². The second kappa shape index (κ2) is 4.56. The Morgan fingerprint density at radius 2 is 1.75 bits per heavy atom. The van der Waals surface area contributed by atoms with Gasteiger partial charge >= 0.3 is 5.97 Å². The molecular formula is C13H20O3. The van der Waals surface area contributed by atoms with E-state index in [1.165, 1.54) is 7.11 Å². The van der Waals surface area contributed by atoms with Crippen molar-refractivity contribution in [2.75, 3.05) is 7.11 Å². The number of ether oxygens (including phenoxy) is 1. The maximum Gasteiger partial charge on any atom is 0.308 e. The third-order valence-electron chi connectivity index (χ3n) is 4.45. The highest BCUT2D eigenvalue weighted by Gasteiger charge is 2.39. The zero-order valence-corrected chi connectivity index (χ0v) is 9.96. The molecule has 16 heavy (non-hydrogen) atoms. The monoisotopic (exact) mass is 224 g/mol. The smallest absolute Gasteiger partial charge is 0.308 e. The van der Waals surface area contributed by atoms with E-state index < -0.39 is 0 Å². The first kappa shape index (κ1) is 11.6. The third kappa shape index (κ3) is 2.28. The molecule has 2 aliphatic rings. The van der Waals surface area contributed by atoms with Gasteiger partial charge in [-0.1, -0.05) is 0 Å². The van der Waals surface area contributed by atoms with Crippen molar-refractivity contribution in [2.24, 2.45) is 11.3 Å². The van der Waals surface area contributed by atoms with Crippen LogP contribution in [0.5, 0.6) is 0 Å². The highest BCUT2D eigenvalue weighted by molar-refractivity contribution is 5.79. The molecule has 0 radical (unpaired) electrons. The first-order valence-electron chi connectivity index (χ1n) is 6.25.